The van der Waals surface area contributed by atoms with Crippen molar-refractivity contribution >= 4 is 0 Å². The second-order valence-electron chi connectivity index (χ2n) is 7.22. The number of alkyl halides is 6. The molecule has 25 heavy (non-hydrogen) atoms. The van der Waals surface area contributed by atoms with E-state index in [9.17, 15) is 31.6 Å². The summed E-state index contributed by atoms with van der Waals surface area (Å²) in [6, 6.07) is 3.67. The van der Waals surface area contributed by atoms with Crippen molar-refractivity contribution in [2.24, 2.45) is 5.92 Å². The van der Waals surface area contributed by atoms with Gasteiger partial charge >= 0.3 is 12.4 Å². The van der Waals surface area contributed by atoms with Crippen LogP contribution in [0.25, 0.3) is 0 Å². The Balaban J connectivity index is 2.53. The molecule has 1 fully saturated rings. The van der Waals surface area contributed by atoms with E-state index >= 15 is 0 Å². The monoisotopic (exact) mass is 364 g/mol. The SMILES string of the molecule is CC(C)(C)N1C[C@H](c2ccc(C(F)(F)F)cc2C(F)(F)F)[C@@H](C#N)C1. The molecule has 8 heteroatoms. The number of nitrogens with zero attached hydrogens (tertiary/aromatic N) is 2. The molecule has 2 atom stereocenters. The molecule has 0 amide bonds. The summed E-state index contributed by atoms with van der Waals surface area (Å²) in [6.07, 6.45) is -9.79. The molecular weight excluding hydrogens is 346 g/mol. The number of likely N-dealkylation sites (tertiary alicyclic amines) is 1. The Hall–Kier alpha value is -1.75. The third-order valence-corrected chi connectivity index (χ3v) is 4.52. The molecule has 2 nitrogen and oxygen atoms in total. The van der Waals surface area contributed by atoms with Gasteiger partial charge in [-0.15, -0.1) is 0 Å². The highest BCUT2D eigenvalue weighted by Gasteiger charge is 2.44. The number of rotatable bonds is 1. The van der Waals surface area contributed by atoms with Crippen LogP contribution in [0.15, 0.2) is 18.2 Å². The molecule has 0 aliphatic carbocycles. The Morgan fingerprint density at radius 1 is 1.00 bits per heavy atom. The molecule has 1 saturated heterocycles. The maximum atomic E-state index is 13.4. The lowest BCUT2D eigenvalue weighted by atomic mass is 9.86. The summed E-state index contributed by atoms with van der Waals surface area (Å²) in [5, 5.41) is 9.32. The summed E-state index contributed by atoms with van der Waals surface area (Å²) >= 11 is 0. The first-order chi connectivity index (χ1) is 11.2. The van der Waals surface area contributed by atoms with Crippen molar-refractivity contribution in [2.75, 3.05) is 13.1 Å². The van der Waals surface area contributed by atoms with Gasteiger partial charge in [0.1, 0.15) is 0 Å². The van der Waals surface area contributed by atoms with Crippen LogP contribution in [0.4, 0.5) is 26.3 Å². The van der Waals surface area contributed by atoms with Gasteiger partial charge in [0, 0.05) is 24.5 Å². The lowest BCUT2D eigenvalue weighted by Gasteiger charge is -2.31. The van der Waals surface area contributed by atoms with E-state index in [1.807, 2.05) is 31.7 Å². The van der Waals surface area contributed by atoms with Crippen LogP contribution in [0, 0.1) is 17.2 Å². The Labute approximate surface area is 142 Å². The van der Waals surface area contributed by atoms with Gasteiger partial charge in [0.05, 0.1) is 23.1 Å². The average molecular weight is 364 g/mol. The third-order valence-electron chi connectivity index (χ3n) is 4.52. The number of nitriles is 1. The Morgan fingerprint density at radius 2 is 1.60 bits per heavy atom. The number of hydrogen-bond donors (Lipinski definition) is 0. The van der Waals surface area contributed by atoms with E-state index in [1.165, 1.54) is 0 Å². The lowest BCUT2D eigenvalue weighted by molar-refractivity contribution is -0.143. The van der Waals surface area contributed by atoms with E-state index < -0.39 is 35.3 Å². The van der Waals surface area contributed by atoms with E-state index in [2.05, 4.69) is 0 Å². The van der Waals surface area contributed by atoms with Crippen LogP contribution in [0.3, 0.4) is 0 Å². The highest BCUT2D eigenvalue weighted by molar-refractivity contribution is 5.39. The maximum Gasteiger partial charge on any atom is 0.416 e. The van der Waals surface area contributed by atoms with Gasteiger partial charge < -0.3 is 0 Å². The number of benzene rings is 1. The molecular formula is C17H18F6N2. The largest absolute Gasteiger partial charge is 0.416 e. The van der Waals surface area contributed by atoms with Crippen LogP contribution >= 0.6 is 0 Å². The average Bonchev–Trinajstić information content (AvgIpc) is 2.88. The molecule has 0 saturated carbocycles. The van der Waals surface area contributed by atoms with E-state index in [4.69, 9.17) is 0 Å². The second kappa shape index (κ2) is 6.20. The minimum atomic E-state index is -4.92. The number of halogens is 6. The van der Waals surface area contributed by atoms with Crippen LogP contribution in [0.5, 0.6) is 0 Å². The Bertz CT molecular complexity index is 678. The highest BCUT2D eigenvalue weighted by atomic mass is 19.4. The van der Waals surface area contributed by atoms with Crippen molar-refractivity contribution in [1.29, 1.82) is 5.26 Å². The van der Waals surface area contributed by atoms with Crippen molar-refractivity contribution in [3.05, 3.63) is 34.9 Å². The zero-order chi connectivity index (χ0) is 19.2. The van der Waals surface area contributed by atoms with Gasteiger partial charge in [0.25, 0.3) is 0 Å². The third kappa shape index (κ3) is 4.09. The molecule has 138 valence electrons. The fourth-order valence-electron chi connectivity index (χ4n) is 3.10. The van der Waals surface area contributed by atoms with Crippen LogP contribution in [0.2, 0.25) is 0 Å². The molecule has 0 unspecified atom stereocenters. The van der Waals surface area contributed by atoms with Crippen molar-refractivity contribution in [1.82, 2.24) is 4.90 Å². The van der Waals surface area contributed by atoms with Gasteiger partial charge in [-0.1, -0.05) is 6.07 Å². The van der Waals surface area contributed by atoms with E-state index in [0.29, 0.717) is 6.07 Å². The molecule has 2 rings (SSSR count). The highest BCUT2D eigenvalue weighted by Crippen LogP contribution is 2.44. The summed E-state index contributed by atoms with van der Waals surface area (Å²) < 4.78 is 78.5. The van der Waals surface area contributed by atoms with Gasteiger partial charge in [-0.25, -0.2) is 0 Å². The van der Waals surface area contributed by atoms with Gasteiger partial charge in [0.2, 0.25) is 0 Å². The lowest BCUT2D eigenvalue weighted by Crippen LogP contribution is -2.39. The first-order valence-corrected chi connectivity index (χ1v) is 7.68. The first kappa shape index (κ1) is 19.6. The number of hydrogen-bond acceptors (Lipinski definition) is 2. The molecule has 1 aromatic rings. The first-order valence-electron chi connectivity index (χ1n) is 7.68. The van der Waals surface area contributed by atoms with Crippen molar-refractivity contribution in [2.45, 2.75) is 44.6 Å². The molecule has 0 radical (unpaired) electrons. The van der Waals surface area contributed by atoms with E-state index in [0.717, 1.165) is 6.07 Å². The summed E-state index contributed by atoms with van der Waals surface area (Å²) in [4.78, 5) is 1.88. The van der Waals surface area contributed by atoms with E-state index in [-0.39, 0.29) is 30.3 Å². The fourth-order valence-corrected chi connectivity index (χ4v) is 3.10. The van der Waals surface area contributed by atoms with Crippen LogP contribution in [-0.2, 0) is 12.4 Å². The van der Waals surface area contributed by atoms with Gasteiger partial charge in [0.15, 0.2) is 0 Å². The zero-order valence-electron chi connectivity index (χ0n) is 14.0. The van der Waals surface area contributed by atoms with Gasteiger partial charge in [-0.2, -0.15) is 31.6 Å². The molecule has 1 aromatic carbocycles. The van der Waals surface area contributed by atoms with Gasteiger partial charge in [-0.05, 0) is 38.5 Å². The summed E-state index contributed by atoms with van der Waals surface area (Å²) in [5.41, 5.74) is -3.27. The van der Waals surface area contributed by atoms with Crippen molar-refractivity contribution < 1.29 is 26.3 Å². The predicted molar refractivity (Wildman–Crippen MR) is 79.6 cm³/mol. The minimum Gasteiger partial charge on any atom is -0.297 e. The molecule has 0 aromatic heterocycles. The second-order valence-corrected chi connectivity index (χ2v) is 7.22. The van der Waals surface area contributed by atoms with Crippen LogP contribution in [0.1, 0.15) is 43.4 Å². The molecule has 0 spiro atoms. The normalized spacial score (nSPS) is 22.9. The standard InChI is InChI=1S/C17H18F6N2/c1-15(2,3)25-8-10(7-24)13(9-25)12-5-4-11(16(18,19)20)6-14(12)17(21,22)23/h4-6,10,13H,8-9H2,1-3H3/t10-,13-/m0/s1. The minimum absolute atomic E-state index is 0.142. The van der Waals surface area contributed by atoms with E-state index in [1.54, 1.807) is 0 Å². The quantitative estimate of drug-likeness (QED) is 0.651. The molecule has 0 N–H and O–H groups in total. The van der Waals surface area contributed by atoms with Crippen molar-refractivity contribution in [3.63, 3.8) is 0 Å². The Kier molecular flexibility index (Phi) is 4.86. The predicted octanol–water partition coefficient (Wildman–Crippen LogP) is 5.06. The maximum absolute atomic E-state index is 13.4. The van der Waals surface area contributed by atoms with Gasteiger partial charge in [-0.3, -0.25) is 4.90 Å². The topological polar surface area (TPSA) is 27.0 Å². The summed E-state index contributed by atoms with van der Waals surface area (Å²) in [6.45, 7) is 6.10. The summed E-state index contributed by atoms with van der Waals surface area (Å²) in [5.74, 6) is -1.50. The van der Waals surface area contributed by atoms with Crippen LogP contribution < -0.4 is 0 Å². The molecule has 0 bridgehead atoms. The molecule has 1 heterocycles. The zero-order valence-corrected chi connectivity index (χ0v) is 14.0. The fraction of sp³-hybridized carbons (Fsp3) is 0.588. The molecule has 1 aliphatic heterocycles. The smallest absolute Gasteiger partial charge is 0.297 e. The molecule has 1 aliphatic rings. The summed E-state index contributed by atoms with van der Waals surface area (Å²) in [7, 11) is 0. The van der Waals surface area contributed by atoms with Crippen molar-refractivity contribution in [3.8, 4) is 6.07 Å². The van der Waals surface area contributed by atoms with Crippen LogP contribution in [-0.4, -0.2) is 23.5 Å². The Morgan fingerprint density at radius 3 is 2.04 bits per heavy atom.